The van der Waals surface area contributed by atoms with E-state index in [1.165, 1.54) is 18.2 Å². The molecule has 4 N–H and O–H groups in total. The van der Waals surface area contributed by atoms with Crippen LogP contribution in [0.2, 0.25) is 10.0 Å². The fourth-order valence-corrected chi connectivity index (χ4v) is 3.52. The molecule has 0 unspecified atom stereocenters. The van der Waals surface area contributed by atoms with E-state index in [2.05, 4.69) is 15.2 Å². The fourth-order valence-electron chi connectivity index (χ4n) is 3.01. The Balaban J connectivity index is 0.00000289. The third-order valence-corrected chi connectivity index (χ3v) is 4.82. The van der Waals surface area contributed by atoms with Crippen molar-refractivity contribution in [3.8, 4) is 11.5 Å². The van der Waals surface area contributed by atoms with Crippen molar-refractivity contribution in [3.63, 3.8) is 0 Å². The number of aromatic nitrogens is 4. The van der Waals surface area contributed by atoms with Crippen LogP contribution in [0.25, 0.3) is 11.0 Å². The second-order valence-electron chi connectivity index (χ2n) is 6.57. The predicted molar refractivity (Wildman–Crippen MR) is 108 cm³/mol. The van der Waals surface area contributed by atoms with E-state index >= 15 is 0 Å². The molecule has 0 bridgehead atoms. The molecule has 0 aliphatic heterocycles. The molecule has 0 amide bonds. The minimum absolute atomic E-state index is 0. The van der Waals surface area contributed by atoms with Gasteiger partial charge in [-0.2, -0.15) is 13.2 Å². The number of nitrogen functional groups attached to an aromatic ring is 1. The molecule has 3 heterocycles. The van der Waals surface area contributed by atoms with Gasteiger partial charge in [0.15, 0.2) is 0 Å². The van der Waals surface area contributed by atoms with Crippen molar-refractivity contribution in [1.29, 1.82) is 0 Å². The first-order valence-electron chi connectivity index (χ1n) is 8.71. The normalized spacial score (nSPS) is 11.4. The van der Waals surface area contributed by atoms with Crippen molar-refractivity contribution in [2.75, 3.05) is 5.73 Å². The van der Waals surface area contributed by atoms with E-state index in [0.717, 1.165) is 16.8 Å². The average molecular weight is 507 g/mol. The third-order valence-electron chi connectivity index (χ3n) is 4.39. The molecule has 0 saturated carbocycles. The van der Waals surface area contributed by atoms with Crippen LogP contribution in [0.5, 0.6) is 11.5 Å². The molecule has 168 valence electrons. The Bertz CT molecular complexity index is 1330. The molecule has 3 aromatic heterocycles. The number of H-pyrrole nitrogens is 2. The number of anilines is 1. The summed E-state index contributed by atoms with van der Waals surface area (Å²) in [4.78, 5) is 15.8. The summed E-state index contributed by atoms with van der Waals surface area (Å²) < 4.78 is 47.0. The fraction of sp³-hybridized carbons (Fsp3) is 0.105. The number of ether oxygens (including phenoxy) is 1. The summed E-state index contributed by atoms with van der Waals surface area (Å²) in [6.45, 7) is -0.0854. The minimum atomic E-state index is -4.82. The number of nitrogens with two attached hydrogens (primary N) is 1. The predicted octanol–water partition coefficient (Wildman–Crippen LogP) is 1.29. The molecule has 0 saturated heterocycles. The molecule has 0 radical (unpaired) electrons. The maximum atomic E-state index is 13.5. The average Bonchev–Trinajstić information content (AvgIpc) is 3.05. The summed E-state index contributed by atoms with van der Waals surface area (Å²) in [5.41, 5.74) is 4.40. The Morgan fingerprint density at radius 1 is 1.16 bits per heavy atom. The molecule has 1 aromatic carbocycles. The quantitative estimate of drug-likeness (QED) is 0.436. The van der Waals surface area contributed by atoms with E-state index in [1.54, 1.807) is 12.1 Å². The van der Waals surface area contributed by atoms with Crippen LogP contribution >= 0.6 is 23.2 Å². The van der Waals surface area contributed by atoms with Crippen LogP contribution < -0.4 is 33.4 Å². The molecule has 32 heavy (non-hydrogen) atoms. The summed E-state index contributed by atoms with van der Waals surface area (Å²) in [6.07, 6.45) is -3.78. The van der Waals surface area contributed by atoms with Gasteiger partial charge in [0.2, 0.25) is 11.6 Å². The molecular weight excluding hydrogens is 494 g/mol. The lowest BCUT2D eigenvalue weighted by Crippen LogP contribution is -3.00. The Kier molecular flexibility index (Phi) is 6.59. The number of rotatable bonds is 4. The van der Waals surface area contributed by atoms with E-state index in [1.807, 2.05) is 0 Å². The van der Waals surface area contributed by atoms with Gasteiger partial charge < -0.3 is 27.4 Å². The monoisotopic (exact) mass is 505 g/mol. The van der Waals surface area contributed by atoms with E-state index in [9.17, 15) is 18.0 Å². The van der Waals surface area contributed by atoms with E-state index in [4.69, 9.17) is 33.7 Å². The van der Waals surface area contributed by atoms with Gasteiger partial charge in [-0.25, -0.2) is 10.1 Å². The number of aromatic amines is 2. The van der Waals surface area contributed by atoms with Crippen LogP contribution in [0.4, 0.5) is 19.0 Å². The van der Waals surface area contributed by atoms with Gasteiger partial charge in [-0.05, 0) is 35.4 Å². The Hall–Kier alpha value is -2.95. The molecule has 4 rings (SSSR count). The van der Waals surface area contributed by atoms with Gasteiger partial charge in [-0.3, -0.25) is 4.79 Å². The molecular formula is C19H13Cl3F3N5O2. The van der Waals surface area contributed by atoms with Crippen molar-refractivity contribution < 1.29 is 35.3 Å². The zero-order chi connectivity index (χ0) is 22.3. The number of alkyl halides is 3. The van der Waals surface area contributed by atoms with Gasteiger partial charge in [0, 0.05) is 22.3 Å². The molecule has 7 nitrogen and oxygen atoms in total. The van der Waals surface area contributed by atoms with E-state index in [-0.39, 0.29) is 34.7 Å². The van der Waals surface area contributed by atoms with Gasteiger partial charge in [-0.15, -0.1) is 0 Å². The topological polar surface area (TPSA) is 100 Å². The number of nitrogens with one attached hydrogen (secondary N) is 2. The Labute approximate surface area is 194 Å². The molecule has 0 aliphatic rings. The van der Waals surface area contributed by atoms with Gasteiger partial charge in [0.1, 0.15) is 11.3 Å². The maximum Gasteiger partial charge on any atom is 0.420 e. The van der Waals surface area contributed by atoms with Crippen LogP contribution in [-0.2, 0) is 12.7 Å². The Morgan fingerprint density at radius 3 is 2.50 bits per heavy atom. The van der Waals surface area contributed by atoms with Crippen LogP contribution in [0.1, 0.15) is 11.3 Å². The lowest BCUT2D eigenvalue weighted by atomic mass is 10.2. The van der Waals surface area contributed by atoms with E-state index < -0.39 is 23.0 Å². The van der Waals surface area contributed by atoms with Crippen molar-refractivity contribution in [3.05, 3.63) is 74.3 Å². The van der Waals surface area contributed by atoms with Gasteiger partial charge in [0.25, 0.3) is 11.2 Å². The standard InChI is InChI=1S/C19H12Cl2F3N5O2.ClH/c20-9-5-10(21)7-11(6-9)31-16-13(19(22,23)24)3-4-29(18(16)30)8-14-12-1-2-15(25)26-17(12)28-27-14;/h1-7H,8H2,(H3,25,26,27,28);1H. The highest BCUT2D eigenvalue weighted by Crippen LogP contribution is 2.37. The highest BCUT2D eigenvalue weighted by atomic mass is 35.5. The zero-order valence-electron chi connectivity index (χ0n) is 15.8. The SMILES string of the molecule is Nc1ccc2c(Cn3ccc(C(F)(F)F)c(Oc4cc(Cl)cc(Cl)c4)c3=O)[nH]nc2[nH+]1.[Cl-]. The highest BCUT2D eigenvalue weighted by Gasteiger charge is 2.36. The van der Waals surface area contributed by atoms with Crippen molar-refractivity contribution in [2.24, 2.45) is 0 Å². The summed E-state index contributed by atoms with van der Waals surface area (Å²) >= 11 is 11.8. The maximum absolute atomic E-state index is 13.5. The number of fused-ring (bicyclic) bond motifs is 1. The van der Waals surface area contributed by atoms with E-state index in [0.29, 0.717) is 22.5 Å². The summed E-state index contributed by atoms with van der Waals surface area (Å²) in [5, 5.41) is 7.73. The summed E-state index contributed by atoms with van der Waals surface area (Å²) in [6, 6.07) is 7.96. The number of benzene rings is 1. The van der Waals surface area contributed by atoms with Crippen LogP contribution in [0, 0.1) is 0 Å². The molecule has 0 fully saturated rings. The lowest BCUT2D eigenvalue weighted by Gasteiger charge is -2.15. The van der Waals surface area contributed by atoms with Gasteiger partial charge in [-0.1, -0.05) is 23.2 Å². The van der Waals surface area contributed by atoms with Crippen LogP contribution in [0.3, 0.4) is 0 Å². The number of hydrogen-bond acceptors (Lipinski definition) is 4. The Morgan fingerprint density at radius 2 is 1.84 bits per heavy atom. The summed E-state index contributed by atoms with van der Waals surface area (Å²) in [5.74, 6) is -0.615. The largest absolute Gasteiger partial charge is 1.00 e. The first-order valence-corrected chi connectivity index (χ1v) is 9.47. The van der Waals surface area contributed by atoms with Crippen LogP contribution in [-0.4, -0.2) is 14.8 Å². The number of nitrogens with zero attached hydrogens (tertiary/aromatic N) is 2. The second kappa shape index (κ2) is 8.89. The molecule has 0 atom stereocenters. The lowest BCUT2D eigenvalue weighted by molar-refractivity contribution is -0.329. The molecule has 13 heteroatoms. The van der Waals surface area contributed by atoms with Gasteiger partial charge in [0.05, 0.1) is 17.6 Å². The van der Waals surface area contributed by atoms with Crippen molar-refractivity contribution >= 4 is 40.1 Å². The molecule has 4 aromatic rings. The number of pyridine rings is 2. The first-order chi connectivity index (χ1) is 14.6. The molecule has 0 spiro atoms. The number of hydrogen-bond donors (Lipinski definition) is 2. The molecule has 0 aliphatic carbocycles. The smallest absolute Gasteiger partial charge is 0.420 e. The highest BCUT2D eigenvalue weighted by molar-refractivity contribution is 6.34. The van der Waals surface area contributed by atoms with Crippen LogP contribution in [0.15, 0.2) is 47.4 Å². The van der Waals surface area contributed by atoms with Gasteiger partial charge >= 0.3 is 6.18 Å². The number of halogens is 6. The zero-order valence-corrected chi connectivity index (χ0v) is 18.1. The minimum Gasteiger partial charge on any atom is -1.00 e. The van der Waals surface area contributed by atoms with Crippen molar-refractivity contribution in [1.82, 2.24) is 14.8 Å². The second-order valence-corrected chi connectivity index (χ2v) is 7.45. The third kappa shape index (κ3) is 4.77. The van der Waals surface area contributed by atoms with Crippen molar-refractivity contribution in [2.45, 2.75) is 12.7 Å². The first kappa shape index (κ1) is 23.7. The summed E-state index contributed by atoms with van der Waals surface area (Å²) in [7, 11) is 0.